The molecule has 2 N–H and O–H groups in total. The Kier molecular flexibility index (Phi) is 4.54. The van der Waals surface area contributed by atoms with E-state index in [9.17, 15) is 4.79 Å². The molecular formula is C11H23N3O. The Bertz CT molecular complexity index is 218. The quantitative estimate of drug-likeness (QED) is 0.714. The molecule has 0 aromatic carbocycles. The van der Waals surface area contributed by atoms with E-state index in [4.69, 9.17) is 5.73 Å². The topological polar surface area (TPSA) is 49.6 Å². The van der Waals surface area contributed by atoms with Gasteiger partial charge >= 0.3 is 0 Å². The Morgan fingerprint density at radius 1 is 1.47 bits per heavy atom. The van der Waals surface area contributed by atoms with Crippen molar-refractivity contribution in [3.8, 4) is 0 Å². The summed E-state index contributed by atoms with van der Waals surface area (Å²) in [6, 6.07) is 0. The van der Waals surface area contributed by atoms with Crippen LogP contribution >= 0.6 is 0 Å². The Balaban J connectivity index is 2.43. The highest BCUT2D eigenvalue weighted by Crippen LogP contribution is 2.25. The summed E-state index contributed by atoms with van der Waals surface area (Å²) in [4.78, 5) is 15.7. The molecule has 88 valence electrons. The van der Waals surface area contributed by atoms with Crippen LogP contribution in [-0.2, 0) is 4.79 Å². The minimum Gasteiger partial charge on any atom is -0.341 e. The van der Waals surface area contributed by atoms with Gasteiger partial charge in [0.05, 0.1) is 6.54 Å². The van der Waals surface area contributed by atoms with E-state index >= 15 is 0 Å². The third-order valence-electron chi connectivity index (χ3n) is 3.11. The summed E-state index contributed by atoms with van der Waals surface area (Å²) in [5, 5.41) is 0. The summed E-state index contributed by atoms with van der Waals surface area (Å²) in [7, 11) is 3.85. The van der Waals surface area contributed by atoms with Crippen molar-refractivity contribution in [2.24, 2.45) is 17.6 Å². The molecule has 1 amide bonds. The lowest BCUT2D eigenvalue weighted by Gasteiger charge is -2.18. The molecule has 1 heterocycles. The van der Waals surface area contributed by atoms with Crippen LogP contribution in [0.5, 0.6) is 0 Å². The average Bonchev–Trinajstić information content (AvgIpc) is 2.47. The average molecular weight is 213 g/mol. The minimum absolute atomic E-state index is 0.242. The maximum Gasteiger partial charge on any atom is 0.236 e. The van der Waals surface area contributed by atoms with E-state index in [0.29, 0.717) is 18.4 Å². The predicted molar refractivity (Wildman–Crippen MR) is 61.5 cm³/mol. The van der Waals surface area contributed by atoms with Crippen LogP contribution in [-0.4, -0.2) is 56.0 Å². The second-order valence-corrected chi connectivity index (χ2v) is 4.85. The molecule has 0 spiro atoms. The van der Waals surface area contributed by atoms with Crippen LogP contribution in [0.4, 0.5) is 0 Å². The van der Waals surface area contributed by atoms with Crippen LogP contribution in [0.25, 0.3) is 0 Å². The van der Waals surface area contributed by atoms with Gasteiger partial charge in [-0.25, -0.2) is 0 Å². The van der Waals surface area contributed by atoms with Crippen molar-refractivity contribution in [1.29, 1.82) is 0 Å². The Morgan fingerprint density at radius 2 is 2.13 bits per heavy atom. The molecule has 1 saturated heterocycles. The van der Waals surface area contributed by atoms with Gasteiger partial charge < -0.3 is 15.5 Å². The lowest BCUT2D eigenvalue weighted by atomic mass is 9.95. The third kappa shape index (κ3) is 3.47. The van der Waals surface area contributed by atoms with E-state index < -0.39 is 0 Å². The summed E-state index contributed by atoms with van der Waals surface area (Å²) in [5.41, 5.74) is 5.56. The Labute approximate surface area is 92.4 Å². The highest BCUT2D eigenvalue weighted by molar-refractivity contribution is 5.78. The fraction of sp³-hybridized carbons (Fsp3) is 0.909. The minimum atomic E-state index is 0.242. The van der Waals surface area contributed by atoms with Gasteiger partial charge in [0.1, 0.15) is 0 Å². The monoisotopic (exact) mass is 213 g/mol. The number of amides is 1. The zero-order chi connectivity index (χ0) is 11.4. The third-order valence-corrected chi connectivity index (χ3v) is 3.11. The molecule has 1 rings (SSSR count). The van der Waals surface area contributed by atoms with Crippen molar-refractivity contribution in [1.82, 2.24) is 9.80 Å². The van der Waals surface area contributed by atoms with Crippen molar-refractivity contribution in [2.45, 2.75) is 13.3 Å². The highest BCUT2D eigenvalue weighted by Gasteiger charge is 2.31. The fourth-order valence-corrected chi connectivity index (χ4v) is 2.20. The van der Waals surface area contributed by atoms with Crippen LogP contribution in [0.15, 0.2) is 0 Å². The maximum atomic E-state index is 11.8. The second kappa shape index (κ2) is 5.47. The largest absolute Gasteiger partial charge is 0.341 e. The molecule has 0 aromatic rings. The molecule has 0 radical (unpaired) electrons. The zero-order valence-electron chi connectivity index (χ0n) is 10.1. The van der Waals surface area contributed by atoms with E-state index in [-0.39, 0.29) is 5.91 Å². The molecule has 2 atom stereocenters. The van der Waals surface area contributed by atoms with Gasteiger partial charge in [-0.15, -0.1) is 0 Å². The molecule has 1 aliphatic rings. The maximum absolute atomic E-state index is 11.8. The SMILES string of the molecule is C[C@@H]1CN(C(=O)CN(C)C)C[C@H]1CCN. The molecule has 15 heavy (non-hydrogen) atoms. The van der Waals surface area contributed by atoms with Gasteiger partial charge in [0, 0.05) is 13.1 Å². The second-order valence-electron chi connectivity index (χ2n) is 4.85. The van der Waals surface area contributed by atoms with E-state index in [0.717, 1.165) is 26.1 Å². The first-order chi connectivity index (χ1) is 7.04. The number of hydrogen-bond donors (Lipinski definition) is 1. The first-order valence-electron chi connectivity index (χ1n) is 5.67. The number of rotatable bonds is 4. The first kappa shape index (κ1) is 12.5. The molecule has 1 fully saturated rings. The number of nitrogens with two attached hydrogens (primary N) is 1. The number of likely N-dealkylation sites (N-methyl/N-ethyl adjacent to an activating group) is 1. The van der Waals surface area contributed by atoms with Gasteiger partial charge in [-0.05, 0) is 38.9 Å². The standard InChI is InChI=1S/C11H23N3O/c1-9-6-14(7-10(9)4-5-12)11(15)8-13(2)3/h9-10H,4-8,12H2,1-3H3/t9-,10-/m1/s1. The summed E-state index contributed by atoms with van der Waals surface area (Å²) in [5.74, 6) is 1.44. The van der Waals surface area contributed by atoms with Gasteiger partial charge in [-0.3, -0.25) is 4.79 Å². The molecule has 0 saturated carbocycles. The summed E-state index contributed by atoms with van der Waals surface area (Å²) >= 11 is 0. The van der Waals surface area contributed by atoms with Crippen LogP contribution in [0.3, 0.4) is 0 Å². The summed E-state index contributed by atoms with van der Waals surface area (Å²) in [6.45, 7) is 5.25. The predicted octanol–water partition coefficient (Wildman–Crippen LogP) is -0.00870. The molecule has 0 unspecified atom stereocenters. The Morgan fingerprint density at radius 3 is 2.67 bits per heavy atom. The number of likely N-dealkylation sites (tertiary alicyclic amines) is 1. The summed E-state index contributed by atoms with van der Waals surface area (Å²) in [6.07, 6.45) is 1.03. The zero-order valence-corrected chi connectivity index (χ0v) is 10.1. The molecule has 1 aliphatic heterocycles. The number of carbonyl (C=O) groups excluding carboxylic acids is 1. The van der Waals surface area contributed by atoms with E-state index in [2.05, 4.69) is 6.92 Å². The van der Waals surface area contributed by atoms with Crippen LogP contribution in [0.1, 0.15) is 13.3 Å². The van der Waals surface area contributed by atoms with Crippen molar-refractivity contribution in [3.05, 3.63) is 0 Å². The van der Waals surface area contributed by atoms with E-state index in [1.54, 1.807) is 0 Å². The van der Waals surface area contributed by atoms with Crippen molar-refractivity contribution >= 4 is 5.91 Å². The molecule has 4 heteroatoms. The van der Waals surface area contributed by atoms with E-state index in [1.165, 1.54) is 0 Å². The van der Waals surface area contributed by atoms with Gasteiger partial charge in [0.2, 0.25) is 5.91 Å². The molecule has 4 nitrogen and oxygen atoms in total. The van der Waals surface area contributed by atoms with Gasteiger partial charge in [-0.1, -0.05) is 6.92 Å². The molecule has 0 aromatic heterocycles. The summed E-state index contributed by atoms with van der Waals surface area (Å²) < 4.78 is 0. The normalized spacial score (nSPS) is 26.3. The molecular weight excluding hydrogens is 190 g/mol. The van der Waals surface area contributed by atoms with Crippen molar-refractivity contribution in [3.63, 3.8) is 0 Å². The van der Waals surface area contributed by atoms with E-state index in [1.807, 2.05) is 23.9 Å². The van der Waals surface area contributed by atoms with Gasteiger partial charge in [0.15, 0.2) is 0 Å². The Hall–Kier alpha value is -0.610. The number of carbonyl (C=O) groups is 1. The van der Waals surface area contributed by atoms with Crippen LogP contribution < -0.4 is 5.73 Å². The fourth-order valence-electron chi connectivity index (χ4n) is 2.20. The van der Waals surface area contributed by atoms with Crippen molar-refractivity contribution < 1.29 is 4.79 Å². The lowest BCUT2D eigenvalue weighted by molar-refractivity contribution is -0.131. The lowest BCUT2D eigenvalue weighted by Crippen LogP contribution is -2.36. The van der Waals surface area contributed by atoms with Crippen LogP contribution in [0, 0.1) is 11.8 Å². The van der Waals surface area contributed by atoms with Gasteiger partial charge in [-0.2, -0.15) is 0 Å². The van der Waals surface area contributed by atoms with Gasteiger partial charge in [0.25, 0.3) is 0 Å². The first-order valence-corrected chi connectivity index (χ1v) is 5.67. The highest BCUT2D eigenvalue weighted by atomic mass is 16.2. The smallest absolute Gasteiger partial charge is 0.236 e. The van der Waals surface area contributed by atoms with Crippen molar-refractivity contribution in [2.75, 3.05) is 40.3 Å². The molecule has 0 aliphatic carbocycles. The molecule has 0 bridgehead atoms. The van der Waals surface area contributed by atoms with Crippen LogP contribution in [0.2, 0.25) is 0 Å². The number of nitrogens with zero attached hydrogens (tertiary/aromatic N) is 2. The number of hydrogen-bond acceptors (Lipinski definition) is 3.